The van der Waals surface area contributed by atoms with Gasteiger partial charge in [-0.15, -0.1) is 0 Å². The van der Waals surface area contributed by atoms with Crippen molar-refractivity contribution in [1.29, 1.82) is 0 Å². The molecule has 7 heteroatoms. The number of carbonyl (C=O) groups is 1. The Kier molecular flexibility index (Phi) is 5.06. The molecule has 3 rings (SSSR count). The zero-order valence-electron chi connectivity index (χ0n) is 14.2. The second-order valence-electron chi connectivity index (χ2n) is 6.81. The summed E-state index contributed by atoms with van der Waals surface area (Å²) < 4.78 is 44.1. The molecule has 4 nitrogen and oxygen atoms in total. The number of ether oxygens (including phenoxy) is 1. The largest absolute Gasteiger partial charge is 0.416 e. The number of hydrogen-bond acceptors (Lipinski definition) is 3. The van der Waals surface area contributed by atoms with E-state index in [0.29, 0.717) is 12.1 Å². The molecule has 0 bridgehead atoms. The third-order valence-electron chi connectivity index (χ3n) is 5.26. The van der Waals surface area contributed by atoms with Gasteiger partial charge in [0.25, 0.3) is 5.91 Å². The number of benzene rings is 1. The molecule has 0 aromatic heterocycles. The van der Waals surface area contributed by atoms with Crippen LogP contribution in [0, 0.1) is 0 Å². The molecule has 1 aliphatic heterocycles. The maximum atomic E-state index is 13.1. The van der Waals surface area contributed by atoms with E-state index in [1.165, 1.54) is 17.4 Å². The fraction of sp³-hybridized carbons (Fsp3) is 0.611. The normalized spacial score (nSPS) is 27.1. The van der Waals surface area contributed by atoms with Gasteiger partial charge >= 0.3 is 6.18 Å². The number of alkyl halides is 3. The van der Waals surface area contributed by atoms with Crippen LogP contribution in [0.2, 0.25) is 0 Å². The van der Waals surface area contributed by atoms with Crippen LogP contribution in [-0.2, 0) is 11.2 Å². The van der Waals surface area contributed by atoms with E-state index in [1.807, 2.05) is 12.1 Å². The van der Waals surface area contributed by atoms with E-state index < -0.39 is 18.3 Å². The molecular weight excluding hydrogens is 333 g/mol. The van der Waals surface area contributed by atoms with E-state index >= 15 is 0 Å². The topological polar surface area (TPSA) is 55.6 Å². The first kappa shape index (κ1) is 18.2. The molecule has 1 amide bonds. The van der Waals surface area contributed by atoms with Crippen molar-refractivity contribution < 1.29 is 22.7 Å². The van der Waals surface area contributed by atoms with Crippen molar-refractivity contribution in [3.8, 4) is 0 Å². The van der Waals surface area contributed by atoms with Gasteiger partial charge in [-0.2, -0.15) is 13.2 Å². The molecule has 3 atom stereocenters. The van der Waals surface area contributed by atoms with Gasteiger partial charge in [0, 0.05) is 12.1 Å². The number of fused-ring (bicyclic) bond motifs is 1. The molecule has 138 valence electrons. The molecule has 1 heterocycles. The summed E-state index contributed by atoms with van der Waals surface area (Å²) >= 11 is 0. The predicted octanol–water partition coefficient (Wildman–Crippen LogP) is 2.86. The highest BCUT2D eigenvalue weighted by atomic mass is 19.4. The fourth-order valence-electron chi connectivity index (χ4n) is 3.88. The minimum atomic E-state index is -4.49. The minimum absolute atomic E-state index is 0.114. The summed E-state index contributed by atoms with van der Waals surface area (Å²) in [6, 6.07) is 4.39. The van der Waals surface area contributed by atoms with Crippen molar-refractivity contribution in [3.05, 3.63) is 34.9 Å². The van der Waals surface area contributed by atoms with E-state index in [9.17, 15) is 18.0 Å². The highest BCUT2D eigenvalue weighted by Crippen LogP contribution is 2.33. The van der Waals surface area contributed by atoms with Crippen LogP contribution in [0.4, 0.5) is 13.2 Å². The smallest absolute Gasteiger partial charge is 0.365 e. The van der Waals surface area contributed by atoms with E-state index in [4.69, 9.17) is 10.5 Å². The number of morpholine rings is 1. The number of nitrogens with zero attached hydrogens (tertiary/aromatic N) is 1. The van der Waals surface area contributed by atoms with Crippen molar-refractivity contribution in [2.75, 3.05) is 19.7 Å². The number of aryl methyl sites for hydroxylation is 1. The Morgan fingerprint density at radius 1 is 1.40 bits per heavy atom. The quantitative estimate of drug-likeness (QED) is 0.887. The first-order valence-electron chi connectivity index (χ1n) is 8.65. The molecular formula is C18H23F3N2O2. The third-order valence-corrected chi connectivity index (χ3v) is 5.26. The summed E-state index contributed by atoms with van der Waals surface area (Å²) in [5.74, 6) is -0.171. The molecule has 2 aliphatic rings. The molecule has 1 aromatic carbocycles. The lowest BCUT2D eigenvalue weighted by molar-refractivity contribution is -0.246. The van der Waals surface area contributed by atoms with Gasteiger partial charge in [0.15, 0.2) is 6.10 Å². The molecule has 0 spiro atoms. The van der Waals surface area contributed by atoms with Gasteiger partial charge in [0.2, 0.25) is 0 Å². The van der Waals surface area contributed by atoms with E-state index in [1.54, 1.807) is 6.07 Å². The average molecular weight is 356 g/mol. The highest BCUT2D eigenvalue weighted by Gasteiger charge is 2.49. The van der Waals surface area contributed by atoms with Crippen LogP contribution in [0.3, 0.4) is 0 Å². The SMILES string of the molecule is C[C@@H]1[C@H](C(F)(F)F)OCCN1C(=O)c1ccc2c(c1)C(CN)CCC2. The van der Waals surface area contributed by atoms with Crippen LogP contribution < -0.4 is 5.73 Å². The number of rotatable bonds is 2. The Bertz CT molecular complexity index is 648. The molecule has 1 saturated heterocycles. The maximum Gasteiger partial charge on any atom is 0.416 e. The molecule has 1 unspecified atom stereocenters. The van der Waals surface area contributed by atoms with Crippen molar-refractivity contribution in [2.45, 2.75) is 50.4 Å². The van der Waals surface area contributed by atoms with E-state index in [-0.39, 0.29) is 25.0 Å². The van der Waals surface area contributed by atoms with Crippen molar-refractivity contribution in [2.24, 2.45) is 5.73 Å². The van der Waals surface area contributed by atoms with Crippen molar-refractivity contribution in [3.63, 3.8) is 0 Å². The number of amides is 1. The summed E-state index contributed by atoms with van der Waals surface area (Å²) in [6.07, 6.45) is -3.44. The van der Waals surface area contributed by atoms with Gasteiger partial charge in [-0.1, -0.05) is 6.07 Å². The molecule has 0 radical (unpaired) electrons. The van der Waals surface area contributed by atoms with Gasteiger partial charge in [-0.25, -0.2) is 0 Å². The Balaban J connectivity index is 1.85. The molecule has 1 aliphatic carbocycles. The monoisotopic (exact) mass is 356 g/mol. The summed E-state index contributed by atoms with van der Waals surface area (Å²) in [5, 5.41) is 0. The highest BCUT2D eigenvalue weighted by molar-refractivity contribution is 5.95. The summed E-state index contributed by atoms with van der Waals surface area (Å²) in [5.41, 5.74) is 8.51. The van der Waals surface area contributed by atoms with Gasteiger partial charge in [-0.05, 0) is 61.9 Å². The molecule has 0 saturated carbocycles. The second-order valence-corrected chi connectivity index (χ2v) is 6.81. The molecule has 2 N–H and O–H groups in total. The predicted molar refractivity (Wildman–Crippen MR) is 87.5 cm³/mol. The van der Waals surface area contributed by atoms with Crippen LogP contribution in [0.1, 0.15) is 47.2 Å². The van der Waals surface area contributed by atoms with Crippen LogP contribution in [0.25, 0.3) is 0 Å². The number of nitrogens with two attached hydrogens (primary N) is 1. The average Bonchev–Trinajstić information content (AvgIpc) is 2.59. The van der Waals surface area contributed by atoms with Crippen LogP contribution in [-0.4, -0.2) is 48.8 Å². The lowest BCUT2D eigenvalue weighted by atomic mass is 9.82. The zero-order valence-corrected chi connectivity index (χ0v) is 14.2. The lowest BCUT2D eigenvalue weighted by Gasteiger charge is -2.40. The lowest BCUT2D eigenvalue weighted by Crippen LogP contribution is -2.57. The van der Waals surface area contributed by atoms with Crippen molar-refractivity contribution in [1.82, 2.24) is 4.90 Å². The van der Waals surface area contributed by atoms with Gasteiger partial charge in [0.05, 0.1) is 12.6 Å². The van der Waals surface area contributed by atoms with Gasteiger partial charge in [-0.3, -0.25) is 4.79 Å². The zero-order chi connectivity index (χ0) is 18.2. The summed E-state index contributed by atoms with van der Waals surface area (Å²) in [4.78, 5) is 14.1. The summed E-state index contributed by atoms with van der Waals surface area (Å²) in [7, 11) is 0. The van der Waals surface area contributed by atoms with Crippen LogP contribution >= 0.6 is 0 Å². The Morgan fingerprint density at radius 2 is 2.16 bits per heavy atom. The first-order valence-corrected chi connectivity index (χ1v) is 8.65. The van der Waals surface area contributed by atoms with Gasteiger partial charge < -0.3 is 15.4 Å². The molecule has 25 heavy (non-hydrogen) atoms. The maximum absolute atomic E-state index is 13.1. The molecule has 1 fully saturated rings. The summed E-state index contributed by atoms with van der Waals surface area (Å²) in [6.45, 7) is 1.94. The third kappa shape index (κ3) is 3.53. The first-order chi connectivity index (χ1) is 11.8. The Morgan fingerprint density at radius 3 is 2.84 bits per heavy atom. The van der Waals surface area contributed by atoms with Crippen LogP contribution in [0.5, 0.6) is 0 Å². The number of hydrogen-bond donors (Lipinski definition) is 1. The van der Waals surface area contributed by atoms with E-state index in [0.717, 1.165) is 24.8 Å². The fourth-order valence-corrected chi connectivity index (χ4v) is 3.88. The Labute approximate surface area is 145 Å². The van der Waals surface area contributed by atoms with Crippen molar-refractivity contribution >= 4 is 5.91 Å². The standard InChI is InChI=1S/C18H23F3N2O2/c1-11-16(18(19,20)21)25-8-7-23(11)17(24)13-6-5-12-3-2-4-14(10-22)15(12)9-13/h5-6,9,11,14,16H,2-4,7-8,10,22H2,1H3/t11-,14?,16-/m1/s1. The Hall–Kier alpha value is -1.60. The number of halogens is 3. The van der Waals surface area contributed by atoms with Crippen LogP contribution in [0.15, 0.2) is 18.2 Å². The second kappa shape index (κ2) is 6.96. The van der Waals surface area contributed by atoms with E-state index in [2.05, 4.69) is 0 Å². The van der Waals surface area contributed by atoms with Gasteiger partial charge in [0.1, 0.15) is 0 Å². The number of carbonyl (C=O) groups excluding carboxylic acids is 1. The molecule has 1 aromatic rings. The minimum Gasteiger partial charge on any atom is -0.365 e.